The third-order valence-corrected chi connectivity index (χ3v) is 3.89. The minimum absolute atomic E-state index is 0.215. The number of nitrogens with zero attached hydrogens (tertiary/aromatic N) is 1. The Kier molecular flexibility index (Phi) is 5.23. The predicted molar refractivity (Wildman–Crippen MR) is 96.5 cm³/mol. The molecule has 0 aliphatic heterocycles. The van der Waals surface area contributed by atoms with Gasteiger partial charge in [0.15, 0.2) is 0 Å². The first kappa shape index (κ1) is 16.5. The van der Waals surface area contributed by atoms with Crippen molar-refractivity contribution in [1.29, 1.82) is 5.26 Å². The number of benzene rings is 3. The third-order valence-electron chi connectivity index (χ3n) is 3.89. The van der Waals surface area contributed by atoms with Crippen LogP contribution in [0.2, 0.25) is 0 Å². The van der Waals surface area contributed by atoms with Crippen molar-refractivity contribution in [2.24, 2.45) is 0 Å². The van der Waals surface area contributed by atoms with Crippen molar-refractivity contribution in [3.05, 3.63) is 95.6 Å². The Hall–Kier alpha value is -3.38. The second-order valence-electron chi connectivity index (χ2n) is 5.71. The van der Waals surface area contributed by atoms with E-state index in [0.717, 1.165) is 22.3 Å². The van der Waals surface area contributed by atoms with E-state index in [1.807, 2.05) is 42.5 Å². The van der Waals surface area contributed by atoms with E-state index in [9.17, 15) is 4.79 Å². The van der Waals surface area contributed by atoms with Crippen LogP contribution in [-0.4, -0.2) is 5.97 Å². The number of nitriles is 1. The van der Waals surface area contributed by atoms with Crippen LogP contribution in [-0.2, 0) is 22.6 Å². The second-order valence-corrected chi connectivity index (χ2v) is 5.71. The number of hydrogen-bond acceptors (Lipinski definition) is 3. The van der Waals surface area contributed by atoms with Gasteiger partial charge in [0.25, 0.3) is 0 Å². The highest BCUT2D eigenvalue weighted by molar-refractivity contribution is 5.73. The first-order valence-electron chi connectivity index (χ1n) is 8.03. The summed E-state index contributed by atoms with van der Waals surface area (Å²) in [6.07, 6.45) is 0.241. The molecule has 0 heterocycles. The van der Waals surface area contributed by atoms with E-state index < -0.39 is 0 Å². The standard InChI is InChI=1S/C22H17NO2/c23-15-18-6-8-19(9-7-18)16-25-22(24)14-17-10-12-21(13-11-17)20-4-2-1-3-5-20/h1-13H,14,16H2. The molecule has 0 amide bonds. The lowest BCUT2D eigenvalue weighted by atomic mass is 10.0. The molecule has 3 heteroatoms. The summed E-state index contributed by atoms with van der Waals surface area (Å²) in [4.78, 5) is 12.0. The molecular weight excluding hydrogens is 310 g/mol. The number of rotatable bonds is 5. The lowest BCUT2D eigenvalue weighted by Gasteiger charge is -2.06. The topological polar surface area (TPSA) is 50.1 Å². The number of ether oxygens (including phenoxy) is 1. The highest BCUT2D eigenvalue weighted by atomic mass is 16.5. The van der Waals surface area contributed by atoms with Crippen LogP contribution in [0.25, 0.3) is 11.1 Å². The molecular formula is C22H17NO2. The molecule has 0 aliphatic carbocycles. The zero-order chi connectivity index (χ0) is 17.5. The number of carbonyl (C=O) groups is 1. The minimum Gasteiger partial charge on any atom is -0.461 e. The number of esters is 1. The van der Waals surface area contributed by atoms with Crippen LogP contribution in [0.15, 0.2) is 78.9 Å². The fourth-order valence-electron chi connectivity index (χ4n) is 2.50. The molecule has 3 nitrogen and oxygen atoms in total. The van der Waals surface area contributed by atoms with Crippen molar-refractivity contribution in [1.82, 2.24) is 0 Å². The van der Waals surface area contributed by atoms with Gasteiger partial charge < -0.3 is 4.74 Å². The first-order chi connectivity index (χ1) is 12.2. The Morgan fingerprint density at radius 3 is 2.04 bits per heavy atom. The highest BCUT2D eigenvalue weighted by Crippen LogP contribution is 2.19. The summed E-state index contributed by atoms with van der Waals surface area (Å²) >= 11 is 0. The van der Waals surface area contributed by atoms with Gasteiger partial charge in [0.1, 0.15) is 6.61 Å². The predicted octanol–water partition coefficient (Wildman–Crippen LogP) is 4.51. The maximum atomic E-state index is 12.0. The van der Waals surface area contributed by atoms with Gasteiger partial charge in [0.2, 0.25) is 0 Å². The molecule has 25 heavy (non-hydrogen) atoms. The lowest BCUT2D eigenvalue weighted by Crippen LogP contribution is -2.08. The van der Waals surface area contributed by atoms with E-state index in [1.54, 1.807) is 24.3 Å². The summed E-state index contributed by atoms with van der Waals surface area (Å²) in [6, 6.07) is 27.1. The fourth-order valence-corrected chi connectivity index (χ4v) is 2.50. The Morgan fingerprint density at radius 2 is 1.40 bits per heavy atom. The SMILES string of the molecule is N#Cc1ccc(COC(=O)Cc2ccc(-c3ccccc3)cc2)cc1. The van der Waals surface area contributed by atoms with Gasteiger partial charge in [0, 0.05) is 0 Å². The molecule has 0 aromatic heterocycles. The molecule has 0 fully saturated rings. The van der Waals surface area contributed by atoms with Gasteiger partial charge in [-0.15, -0.1) is 0 Å². The zero-order valence-electron chi connectivity index (χ0n) is 13.7. The second kappa shape index (κ2) is 7.94. The van der Waals surface area contributed by atoms with Crippen molar-refractivity contribution in [2.45, 2.75) is 13.0 Å². The molecule has 0 saturated carbocycles. The summed E-state index contributed by atoms with van der Waals surface area (Å²) in [7, 11) is 0. The van der Waals surface area contributed by atoms with E-state index in [-0.39, 0.29) is 19.0 Å². The molecule has 0 unspecified atom stereocenters. The van der Waals surface area contributed by atoms with Crippen LogP contribution < -0.4 is 0 Å². The van der Waals surface area contributed by atoms with Crippen molar-refractivity contribution in [2.75, 3.05) is 0 Å². The number of carbonyl (C=O) groups excluding carboxylic acids is 1. The largest absolute Gasteiger partial charge is 0.461 e. The summed E-state index contributed by atoms with van der Waals surface area (Å²) in [5, 5.41) is 8.77. The zero-order valence-corrected chi connectivity index (χ0v) is 13.7. The quantitative estimate of drug-likeness (QED) is 0.648. The van der Waals surface area contributed by atoms with Crippen molar-refractivity contribution >= 4 is 5.97 Å². The van der Waals surface area contributed by atoms with Gasteiger partial charge in [0.05, 0.1) is 18.1 Å². The van der Waals surface area contributed by atoms with Crippen molar-refractivity contribution in [3.63, 3.8) is 0 Å². The van der Waals surface area contributed by atoms with Gasteiger partial charge in [-0.05, 0) is 34.4 Å². The van der Waals surface area contributed by atoms with Crippen LogP contribution in [0.1, 0.15) is 16.7 Å². The molecule has 0 N–H and O–H groups in total. The van der Waals surface area contributed by atoms with Gasteiger partial charge in [-0.3, -0.25) is 4.79 Å². The lowest BCUT2D eigenvalue weighted by molar-refractivity contribution is -0.144. The van der Waals surface area contributed by atoms with Crippen molar-refractivity contribution in [3.8, 4) is 17.2 Å². The monoisotopic (exact) mass is 327 g/mol. The Labute approximate surface area is 147 Å². The van der Waals surface area contributed by atoms with Crippen LogP contribution in [0.4, 0.5) is 0 Å². The van der Waals surface area contributed by atoms with Gasteiger partial charge in [-0.25, -0.2) is 0 Å². The summed E-state index contributed by atoms with van der Waals surface area (Å²) in [5.41, 5.74) is 4.65. The van der Waals surface area contributed by atoms with Crippen LogP contribution >= 0.6 is 0 Å². The van der Waals surface area contributed by atoms with Gasteiger partial charge >= 0.3 is 5.97 Å². The first-order valence-corrected chi connectivity index (χ1v) is 8.03. The molecule has 3 aromatic carbocycles. The van der Waals surface area contributed by atoms with E-state index >= 15 is 0 Å². The molecule has 0 aliphatic rings. The van der Waals surface area contributed by atoms with E-state index in [4.69, 9.17) is 10.00 Å². The van der Waals surface area contributed by atoms with Crippen LogP contribution in [0.5, 0.6) is 0 Å². The van der Waals surface area contributed by atoms with Gasteiger partial charge in [-0.1, -0.05) is 66.7 Å². The van der Waals surface area contributed by atoms with E-state index in [2.05, 4.69) is 18.2 Å². The Bertz CT molecular complexity index is 876. The Balaban J connectivity index is 1.55. The molecule has 3 aromatic rings. The summed E-state index contributed by atoms with van der Waals surface area (Å²) in [5.74, 6) is -0.267. The molecule has 122 valence electrons. The smallest absolute Gasteiger partial charge is 0.310 e. The highest BCUT2D eigenvalue weighted by Gasteiger charge is 2.06. The molecule has 0 atom stereocenters. The average Bonchev–Trinajstić information content (AvgIpc) is 2.68. The molecule has 0 spiro atoms. The Morgan fingerprint density at radius 1 is 0.800 bits per heavy atom. The molecule has 0 saturated heterocycles. The average molecular weight is 327 g/mol. The normalized spacial score (nSPS) is 10.0. The van der Waals surface area contributed by atoms with Crippen molar-refractivity contribution < 1.29 is 9.53 Å². The maximum Gasteiger partial charge on any atom is 0.310 e. The molecule has 0 radical (unpaired) electrons. The van der Waals surface area contributed by atoms with Crippen LogP contribution in [0, 0.1) is 11.3 Å². The molecule has 3 rings (SSSR count). The summed E-state index contributed by atoms with van der Waals surface area (Å²) in [6.45, 7) is 0.215. The fraction of sp³-hybridized carbons (Fsp3) is 0.0909. The molecule has 0 bridgehead atoms. The van der Waals surface area contributed by atoms with E-state index in [0.29, 0.717) is 5.56 Å². The summed E-state index contributed by atoms with van der Waals surface area (Å²) < 4.78 is 5.30. The van der Waals surface area contributed by atoms with E-state index in [1.165, 1.54) is 0 Å². The van der Waals surface area contributed by atoms with Crippen LogP contribution in [0.3, 0.4) is 0 Å². The third kappa shape index (κ3) is 4.55. The minimum atomic E-state index is -0.267. The maximum absolute atomic E-state index is 12.0. The number of hydrogen-bond donors (Lipinski definition) is 0. The van der Waals surface area contributed by atoms with Gasteiger partial charge in [-0.2, -0.15) is 5.26 Å².